The van der Waals surface area contributed by atoms with E-state index in [0.717, 1.165) is 0 Å². The van der Waals surface area contributed by atoms with Crippen molar-refractivity contribution in [2.75, 3.05) is 0 Å². The maximum absolute atomic E-state index is 13.7. The number of aliphatic hydroxyl groups is 1. The van der Waals surface area contributed by atoms with Crippen molar-refractivity contribution in [1.29, 1.82) is 0 Å². The molecule has 0 unspecified atom stereocenters. The van der Waals surface area contributed by atoms with E-state index < -0.39 is 53.0 Å². The van der Waals surface area contributed by atoms with Gasteiger partial charge in [0.1, 0.15) is 0 Å². The lowest BCUT2D eigenvalue weighted by Gasteiger charge is -2.46. The number of hydrogen-bond acceptors (Lipinski definition) is 3. The van der Waals surface area contributed by atoms with Gasteiger partial charge in [0.2, 0.25) is 0 Å². The molecule has 162 valence electrons. The molecular formula is C8H2F15NO3. The summed E-state index contributed by atoms with van der Waals surface area (Å²) in [6, 6.07) is 0. The van der Waals surface area contributed by atoms with Gasteiger partial charge < -0.3 is 10.2 Å². The van der Waals surface area contributed by atoms with Gasteiger partial charge in [-0.05, 0) is 0 Å². The van der Waals surface area contributed by atoms with E-state index in [9.17, 15) is 70.7 Å². The fourth-order valence-corrected chi connectivity index (χ4v) is 1.59. The number of carboxylic acid groups (broad SMARTS) is 1. The highest BCUT2D eigenvalue weighted by Crippen LogP contribution is 2.60. The summed E-state index contributed by atoms with van der Waals surface area (Å²) in [5, 5.41) is 10.9. The summed E-state index contributed by atoms with van der Waals surface area (Å²) in [4.78, 5) is 10.3. The number of carbonyl (C=O) groups is 1. The zero-order valence-electron chi connectivity index (χ0n) is 11.4. The monoisotopic (exact) mass is 445 g/mol. The van der Waals surface area contributed by atoms with Gasteiger partial charge in [0, 0.05) is 0 Å². The molecule has 0 amide bonds. The van der Waals surface area contributed by atoms with Crippen molar-refractivity contribution in [3.8, 4) is 0 Å². The summed E-state index contributed by atoms with van der Waals surface area (Å²) >= 11 is 0. The maximum atomic E-state index is 13.7. The molecule has 0 aromatic rings. The summed E-state index contributed by atoms with van der Waals surface area (Å²) in [5.41, 5.74) is -8.35. The third-order valence-corrected chi connectivity index (χ3v) is 2.87. The van der Waals surface area contributed by atoms with Gasteiger partial charge in [-0.3, -0.25) is 0 Å². The summed E-state index contributed by atoms with van der Waals surface area (Å²) in [7, 11) is 0. The summed E-state index contributed by atoms with van der Waals surface area (Å²) in [5.74, 6) is -20.2. The second-order valence-corrected chi connectivity index (χ2v) is 4.53. The molecule has 0 bridgehead atoms. The smallest absolute Gasteiger partial charge is 0.427 e. The third-order valence-electron chi connectivity index (χ3n) is 2.87. The van der Waals surface area contributed by atoms with E-state index in [0.29, 0.717) is 0 Å². The fraction of sp³-hybridized carbons (Fsp3) is 0.875. The molecule has 0 aliphatic carbocycles. The molecule has 0 fully saturated rings. The largest absolute Gasteiger partial charge is 0.478 e. The maximum Gasteiger partial charge on any atom is 0.427 e. The topological polar surface area (TPSA) is 60.8 Å². The molecule has 0 rings (SSSR count). The van der Waals surface area contributed by atoms with Gasteiger partial charge in [0.15, 0.2) is 0 Å². The molecule has 0 aromatic heterocycles. The summed E-state index contributed by atoms with van der Waals surface area (Å²) in [6.45, 7) is 0. The van der Waals surface area contributed by atoms with Crippen molar-refractivity contribution < 1.29 is 81.0 Å². The lowest BCUT2D eigenvalue weighted by molar-refractivity contribution is -0.487. The Morgan fingerprint density at radius 2 is 0.926 bits per heavy atom. The minimum atomic E-state index is -8.35. The number of aliphatic carboxylic acids is 1. The SMILES string of the molecule is O=C(O)[C@@](F)(N(F)C(C(F)(F)F)(C(F)(F)F)C(F)(F)F)C(F)(F)C(O)(F)F. The molecule has 27 heavy (non-hydrogen) atoms. The van der Waals surface area contributed by atoms with E-state index in [1.54, 1.807) is 0 Å². The Hall–Kier alpha value is -1.66. The first-order valence-electron chi connectivity index (χ1n) is 5.41. The van der Waals surface area contributed by atoms with E-state index in [4.69, 9.17) is 10.2 Å². The van der Waals surface area contributed by atoms with E-state index >= 15 is 0 Å². The van der Waals surface area contributed by atoms with Crippen LogP contribution in [0.25, 0.3) is 0 Å². The van der Waals surface area contributed by atoms with Crippen LogP contribution in [-0.2, 0) is 4.79 Å². The van der Waals surface area contributed by atoms with Crippen molar-refractivity contribution >= 4 is 5.97 Å². The third kappa shape index (κ3) is 3.23. The number of alkyl halides is 14. The van der Waals surface area contributed by atoms with Crippen LogP contribution in [0.1, 0.15) is 0 Å². The van der Waals surface area contributed by atoms with Crippen molar-refractivity contribution in [2.45, 2.75) is 41.9 Å². The summed E-state index contributed by atoms with van der Waals surface area (Å²) in [6.07, 6.45) is -31.8. The van der Waals surface area contributed by atoms with E-state index in [1.165, 1.54) is 0 Å². The van der Waals surface area contributed by atoms with Crippen molar-refractivity contribution in [2.24, 2.45) is 0 Å². The Kier molecular flexibility index (Phi) is 5.79. The summed E-state index contributed by atoms with van der Waals surface area (Å²) < 4.78 is 191. The molecule has 4 nitrogen and oxygen atoms in total. The van der Waals surface area contributed by atoms with Crippen LogP contribution >= 0.6 is 0 Å². The molecule has 0 heterocycles. The molecule has 0 aliphatic heterocycles. The van der Waals surface area contributed by atoms with Crippen LogP contribution < -0.4 is 0 Å². The van der Waals surface area contributed by atoms with Gasteiger partial charge in [0.05, 0.1) is 0 Å². The van der Waals surface area contributed by atoms with Crippen LogP contribution in [0.5, 0.6) is 0 Å². The predicted molar refractivity (Wildman–Crippen MR) is 47.4 cm³/mol. The first-order chi connectivity index (χ1) is 11.3. The molecule has 0 aromatic carbocycles. The second-order valence-electron chi connectivity index (χ2n) is 4.53. The van der Waals surface area contributed by atoms with E-state index in [-0.39, 0.29) is 0 Å². The fourth-order valence-electron chi connectivity index (χ4n) is 1.59. The number of hydrogen-bond donors (Lipinski definition) is 2. The van der Waals surface area contributed by atoms with E-state index in [1.807, 2.05) is 0 Å². The minimum absolute atomic E-state index is 4.69. The highest BCUT2D eigenvalue weighted by atomic mass is 19.4. The predicted octanol–water partition coefficient (Wildman–Crippen LogP) is 3.57. The average Bonchev–Trinajstić information content (AvgIpc) is 2.30. The molecule has 0 saturated carbocycles. The Morgan fingerprint density at radius 1 is 0.667 bits per heavy atom. The van der Waals surface area contributed by atoms with Crippen LogP contribution in [-0.4, -0.2) is 63.2 Å². The van der Waals surface area contributed by atoms with Gasteiger partial charge in [0.25, 0.3) is 0 Å². The Morgan fingerprint density at radius 3 is 1.07 bits per heavy atom. The van der Waals surface area contributed by atoms with Gasteiger partial charge in [-0.1, -0.05) is 5.12 Å². The quantitative estimate of drug-likeness (QED) is 0.386. The van der Waals surface area contributed by atoms with Gasteiger partial charge >= 0.3 is 47.9 Å². The first kappa shape index (κ1) is 25.3. The van der Waals surface area contributed by atoms with E-state index in [2.05, 4.69) is 0 Å². The Labute approximate surface area is 135 Å². The van der Waals surface area contributed by atoms with Crippen LogP contribution in [0, 0.1) is 0 Å². The van der Waals surface area contributed by atoms with Crippen molar-refractivity contribution in [3.63, 3.8) is 0 Å². The van der Waals surface area contributed by atoms with Crippen LogP contribution in [0.4, 0.5) is 65.9 Å². The molecule has 0 spiro atoms. The normalized spacial score (nSPS) is 17.8. The molecular weight excluding hydrogens is 443 g/mol. The van der Waals surface area contributed by atoms with Crippen LogP contribution in [0.3, 0.4) is 0 Å². The standard InChI is InChI=1S/C8H2F15NO3/c9-2(1(25)26,4(10,11)8(21,22)27)24(23)3(5(12,13)14,6(15,16)17)7(18,19)20/h27H,(H,25,26)/t2-/m1/s1. The van der Waals surface area contributed by atoms with Gasteiger partial charge in [-0.15, -0.1) is 4.48 Å². The zero-order chi connectivity index (χ0) is 22.7. The van der Waals surface area contributed by atoms with Crippen molar-refractivity contribution in [3.05, 3.63) is 0 Å². The van der Waals surface area contributed by atoms with Gasteiger partial charge in [-0.2, -0.15) is 57.1 Å². The van der Waals surface area contributed by atoms with Crippen LogP contribution in [0.2, 0.25) is 0 Å². The number of halogens is 15. The number of carboxylic acids is 1. The number of rotatable bonds is 5. The lowest BCUT2D eigenvalue weighted by Crippen LogP contribution is -2.81. The van der Waals surface area contributed by atoms with Crippen LogP contribution in [0.15, 0.2) is 0 Å². The molecule has 0 radical (unpaired) electrons. The molecule has 0 aliphatic rings. The first-order valence-corrected chi connectivity index (χ1v) is 5.41. The highest BCUT2D eigenvalue weighted by molar-refractivity contribution is 5.78. The average molecular weight is 445 g/mol. The highest BCUT2D eigenvalue weighted by Gasteiger charge is 2.94. The Bertz CT molecular complexity index is 536. The lowest BCUT2D eigenvalue weighted by atomic mass is 9.91. The van der Waals surface area contributed by atoms with Gasteiger partial charge in [-0.25, -0.2) is 9.18 Å². The van der Waals surface area contributed by atoms with Crippen molar-refractivity contribution in [1.82, 2.24) is 5.12 Å². The zero-order valence-corrected chi connectivity index (χ0v) is 11.4. The molecule has 19 heteroatoms. The second kappa shape index (κ2) is 6.17. The molecule has 0 saturated heterocycles. The molecule has 2 N–H and O–H groups in total. The minimum Gasteiger partial charge on any atom is -0.478 e. The molecule has 1 atom stereocenters. The number of nitrogens with zero attached hydrogens (tertiary/aromatic N) is 1. The Balaban J connectivity index is 7.38.